The molecular formula is C28H28N4O. The Morgan fingerprint density at radius 2 is 1.45 bits per heavy atom. The summed E-state index contributed by atoms with van der Waals surface area (Å²) in [5, 5.41) is 4.83. The Bertz CT molecular complexity index is 1210. The molecule has 5 rings (SSSR count). The summed E-state index contributed by atoms with van der Waals surface area (Å²) in [5.74, 6) is 0.0321. The third-order valence-electron chi connectivity index (χ3n) is 6.19. The largest absolute Gasteiger partial charge is 0.335 e. The Kier molecular flexibility index (Phi) is 6.05. The number of hydrogen-bond donors (Lipinski definition) is 0. The van der Waals surface area contributed by atoms with Gasteiger partial charge in [-0.1, -0.05) is 78.4 Å². The van der Waals surface area contributed by atoms with Crippen LogP contribution < -0.4 is 0 Å². The van der Waals surface area contributed by atoms with Crippen LogP contribution in [0, 0.1) is 6.92 Å². The molecule has 166 valence electrons. The van der Waals surface area contributed by atoms with E-state index in [2.05, 4.69) is 48.2 Å². The molecule has 0 N–H and O–H groups in total. The highest BCUT2D eigenvalue weighted by Gasteiger charge is 2.26. The fraction of sp³-hybridized carbons (Fsp3) is 0.214. The lowest BCUT2D eigenvalue weighted by molar-refractivity contribution is 0.0619. The first-order valence-electron chi connectivity index (χ1n) is 11.5. The molecule has 1 aliphatic heterocycles. The van der Waals surface area contributed by atoms with Crippen LogP contribution in [0.25, 0.3) is 16.9 Å². The third kappa shape index (κ3) is 4.73. The molecule has 3 aromatic carbocycles. The minimum absolute atomic E-state index is 0.0321. The zero-order valence-corrected chi connectivity index (χ0v) is 18.9. The molecule has 0 radical (unpaired) electrons. The van der Waals surface area contributed by atoms with Crippen LogP contribution in [0.2, 0.25) is 0 Å². The fourth-order valence-electron chi connectivity index (χ4n) is 4.28. The van der Waals surface area contributed by atoms with Crippen molar-refractivity contribution in [1.82, 2.24) is 19.6 Å². The van der Waals surface area contributed by atoms with Crippen molar-refractivity contribution < 1.29 is 4.79 Å². The molecule has 0 atom stereocenters. The fourth-order valence-corrected chi connectivity index (χ4v) is 4.28. The molecule has 4 aromatic rings. The first-order valence-corrected chi connectivity index (χ1v) is 11.5. The zero-order chi connectivity index (χ0) is 22.6. The van der Waals surface area contributed by atoms with Gasteiger partial charge in [0.25, 0.3) is 5.91 Å². The highest BCUT2D eigenvalue weighted by Crippen LogP contribution is 2.23. The average molecular weight is 437 g/mol. The maximum atomic E-state index is 13.6. The highest BCUT2D eigenvalue weighted by molar-refractivity contribution is 5.94. The number of carbonyl (C=O) groups excluding carboxylic acids is 1. The van der Waals surface area contributed by atoms with Gasteiger partial charge in [0.05, 0.1) is 11.4 Å². The van der Waals surface area contributed by atoms with Gasteiger partial charge in [-0.05, 0) is 30.7 Å². The van der Waals surface area contributed by atoms with Crippen molar-refractivity contribution >= 4 is 5.91 Å². The molecule has 1 amide bonds. The molecule has 0 bridgehead atoms. The van der Waals surface area contributed by atoms with Crippen molar-refractivity contribution in [2.75, 3.05) is 26.2 Å². The molecule has 5 nitrogen and oxygen atoms in total. The van der Waals surface area contributed by atoms with Crippen LogP contribution in [0.5, 0.6) is 0 Å². The minimum atomic E-state index is 0.0321. The predicted molar refractivity (Wildman–Crippen MR) is 131 cm³/mol. The van der Waals surface area contributed by atoms with Crippen molar-refractivity contribution in [3.05, 3.63) is 108 Å². The maximum Gasteiger partial charge on any atom is 0.272 e. The molecule has 1 saturated heterocycles. The molecule has 1 aliphatic rings. The Balaban J connectivity index is 1.38. The smallest absolute Gasteiger partial charge is 0.272 e. The predicted octanol–water partition coefficient (Wildman–Crippen LogP) is 4.81. The van der Waals surface area contributed by atoms with E-state index in [9.17, 15) is 4.79 Å². The van der Waals surface area contributed by atoms with E-state index < -0.39 is 0 Å². The summed E-state index contributed by atoms with van der Waals surface area (Å²) in [6, 6.07) is 30.6. The Morgan fingerprint density at radius 1 is 0.818 bits per heavy atom. The van der Waals surface area contributed by atoms with Gasteiger partial charge in [0.2, 0.25) is 0 Å². The number of benzene rings is 3. The molecule has 33 heavy (non-hydrogen) atoms. The zero-order valence-electron chi connectivity index (χ0n) is 18.9. The van der Waals surface area contributed by atoms with E-state index in [4.69, 9.17) is 5.10 Å². The van der Waals surface area contributed by atoms with Crippen LogP contribution in [-0.4, -0.2) is 51.7 Å². The van der Waals surface area contributed by atoms with Gasteiger partial charge in [-0.2, -0.15) is 5.10 Å². The van der Waals surface area contributed by atoms with Crippen LogP contribution in [0.15, 0.2) is 91.0 Å². The van der Waals surface area contributed by atoms with E-state index in [1.54, 1.807) is 4.68 Å². The summed E-state index contributed by atoms with van der Waals surface area (Å²) in [6.07, 6.45) is 0. The first kappa shape index (κ1) is 21.2. The first-order chi connectivity index (χ1) is 16.2. The van der Waals surface area contributed by atoms with Gasteiger partial charge < -0.3 is 4.90 Å². The molecule has 1 fully saturated rings. The summed E-state index contributed by atoms with van der Waals surface area (Å²) >= 11 is 0. The Hall–Kier alpha value is -3.70. The van der Waals surface area contributed by atoms with Gasteiger partial charge >= 0.3 is 0 Å². The monoisotopic (exact) mass is 436 g/mol. The normalized spacial score (nSPS) is 14.4. The number of carbonyl (C=O) groups is 1. The summed E-state index contributed by atoms with van der Waals surface area (Å²) < 4.78 is 1.79. The molecular weight excluding hydrogens is 408 g/mol. The lowest BCUT2D eigenvalue weighted by Gasteiger charge is -2.34. The Morgan fingerprint density at radius 3 is 2.12 bits per heavy atom. The molecule has 2 heterocycles. The quantitative estimate of drug-likeness (QED) is 0.451. The van der Waals surface area contributed by atoms with E-state index in [0.29, 0.717) is 18.8 Å². The second kappa shape index (κ2) is 9.43. The van der Waals surface area contributed by atoms with Crippen LogP contribution in [0.1, 0.15) is 21.6 Å². The number of nitrogens with zero attached hydrogens (tertiary/aromatic N) is 4. The molecule has 5 heteroatoms. The van der Waals surface area contributed by atoms with Crippen LogP contribution in [0.3, 0.4) is 0 Å². The second-order valence-electron chi connectivity index (χ2n) is 8.58. The lowest BCUT2D eigenvalue weighted by Crippen LogP contribution is -2.48. The maximum absolute atomic E-state index is 13.6. The van der Waals surface area contributed by atoms with Crippen LogP contribution >= 0.6 is 0 Å². The lowest BCUT2D eigenvalue weighted by atomic mass is 10.1. The van der Waals surface area contributed by atoms with Crippen molar-refractivity contribution in [3.63, 3.8) is 0 Å². The number of rotatable bonds is 5. The van der Waals surface area contributed by atoms with Crippen molar-refractivity contribution in [3.8, 4) is 16.9 Å². The van der Waals surface area contributed by atoms with E-state index in [0.717, 1.165) is 36.6 Å². The van der Waals surface area contributed by atoms with Gasteiger partial charge in [-0.3, -0.25) is 9.69 Å². The summed E-state index contributed by atoms with van der Waals surface area (Å²) in [7, 11) is 0. The van der Waals surface area contributed by atoms with Crippen molar-refractivity contribution in [1.29, 1.82) is 0 Å². The number of hydrogen-bond acceptors (Lipinski definition) is 3. The number of piperazine rings is 1. The minimum Gasteiger partial charge on any atom is -0.335 e. The van der Waals surface area contributed by atoms with Crippen LogP contribution in [-0.2, 0) is 6.54 Å². The molecule has 0 saturated carbocycles. The molecule has 0 aliphatic carbocycles. The van der Waals surface area contributed by atoms with Gasteiger partial charge in [0.1, 0.15) is 5.69 Å². The Labute approximate surface area is 194 Å². The van der Waals surface area contributed by atoms with E-state index >= 15 is 0 Å². The van der Waals surface area contributed by atoms with Crippen molar-refractivity contribution in [2.24, 2.45) is 0 Å². The van der Waals surface area contributed by atoms with E-state index in [-0.39, 0.29) is 5.91 Å². The van der Waals surface area contributed by atoms with Crippen LogP contribution in [0.4, 0.5) is 0 Å². The van der Waals surface area contributed by atoms with Gasteiger partial charge in [-0.25, -0.2) is 4.68 Å². The highest BCUT2D eigenvalue weighted by atomic mass is 16.2. The molecule has 0 spiro atoms. The number of aromatic nitrogens is 2. The number of amides is 1. The second-order valence-corrected chi connectivity index (χ2v) is 8.58. The van der Waals surface area contributed by atoms with E-state index in [1.165, 1.54) is 11.1 Å². The molecule has 1 aromatic heterocycles. The summed E-state index contributed by atoms with van der Waals surface area (Å²) in [6.45, 7) is 6.14. The third-order valence-corrected chi connectivity index (χ3v) is 6.19. The topological polar surface area (TPSA) is 41.4 Å². The van der Waals surface area contributed by atoms with Gasteiger partial charge in [-0.15, -0.1) is 0 Å². The van der Waals surface area contributed by atoms with Crippen molar-refractivity contribution in [2.45, 2.75) is 13.5 Å². The SMILES string of the molecule is Cc1ccc(-n2nc(-c3ccccc3)cc2C(=O)N2CCN(Cc3ccccc3)CC2)cc1. The number of aryl methyl sites for hydroxylation is 1. The summed E-state index contributed by atoms with van der Waals surface area (Å²) in [5.41, 5.74) is 5.80. The van der Waals surface area contributed by atoms with E-state index in [1.807, 2.05) is 59.5 Å². The molecule has 0 unspecified atom stereocenters. The standard InChI is InChI=1S/C28H28N4O/c1-22-12-14-25(15-13-22)32-27(20-26(29-32)24-10-6-3-7-11-24)28(33)31-18-16-30(17-19-31)21-23-8-4-2-5-9-23/h2-15,20H,16-19,21H2,1H3. The average Bonchev–Trinajstić information content (AvgIpc) is 3.31. The van der Waals surface area contributed by atoms with Gasteiger partial charge in [0, 0.05) is 38.3 Å². The summed E-state index contributed by atoms with van der Waals surface area (Å²) in [4.78, 5) is 18.0. The van der Waals surface area contributed by atoms with Gasteiger partial charge in [0.15, 0.2) is 0 Å².